The first-order valence-electron chi connectivity index (χ1n) is 8.17. The van der Waals surface area contributed by atoms with Crippen LogP contribution in [-0.4, -0.2) is 34.5 Å². The number of rotatable bonds is 5. The van der Waals surface area contributed by atoms with Crippen molar-refractivity contribution in [3.8, 4) is 0 Å². The normalized spacial score (nSPS) is 14.4. The summed E-state index contributed by atoms with van der Waals surface area (Å²) in [6.07, 6.45) is 1.72. The van der Waals surface area contributed by atoms with Crippen molar-refractivity contribution in [1.29, 1.82) is 0 Å². The minimum absolute atomic E-state index is 0.247. The third kappa shape index (κ3) is 3.82. The second-order valence-electron chi connectivity index (χ2n) is 6.06. The van der Waals surface area contributed by atoms with Gasteiger partial charge in [0.2, 0.25) is 5.91 Å². The number of aliphatic hydroxyl groups excluding tert-OH is 1. The number of urea groups is 1. The molecule has 0 atom stereocenters. The van der Waals surface area contributed by atoms with E-state index in [0.29, 0.717) is 28.1 Å². The van der Waals surface area contributed by atoms with Crippen LogP contribution in [0.2, 0.25) is 0 Å². The lowest BCUT2D eigenvalue weighted by atomic mass is 9.99. The number of aromatic amines is 1. The fourth-order valence-corrected chi connectivity index (χ4v) is 2.91. The molecule has 1 aliphatic heterocycles. The number of allylic oxidation sites excluding steroid dienone is 1. The van der Waals surface area contributed by atoms with Gasteiger partial charge in [-0.2, -0.15) is 0 Å². The van der Waals surface area contributed by atoms with Gasteiger partial charge in [0, 0.05) is 35.4 Å². The number of carbonyl (C=O) groups is 3. The van der Waals surface area contributed by atoms with Gasteiger partial charge in [-0.05, 0) is 42.3 Å². The summed E-state index contributed by atoms with van der Waals surface area (Å²) in [6.45, 7) is 1.49. The van der Waals surface area contributed by atoms with Gasteiger partial charge in [0.1, 0.15) is 6.61 Å². The van der Waals surface area contributed by atoms with Crippen LogP contribution in [0.15, 0.2) is 30.5 Å². The topological polar surface area (TPSA) is 149 Å². The van der Waals surface area contributed by atoms with E-state index in [1.54, 1.807) is 31.3 Å². The fourth-order valence-electron chi connectivity index (χ4n) is 2.91. The first-order chi connectivity index (χ1) is 12.9. The molecule has 0 fully saturated rings. The Bertz CT molecular complexity index is 960. The Morgan fingerprint density at radius 3 is 2.74 bits per heavy atom. The van der Waals surface area contributed by atoms with Gasteiger partial charge in [0.05, 0.1) is 5.57 Å². The molecule has 1 aromatic carbocycles. The van der Waals surface area contributed by atoms with E-state index >= 15 is 0 Å². The van der Waals surface area contributed by atoms with Gasteiger partial charge in [0.15, 0.2) is 0 Å². The molecule has 0 aliphatic carbocycles. The third-order valence-corrected chi connectivity index (χ3v) is 4.19. The number of nitrogens with one attached hydrogen (secondary N) is 4. The predicted molar refractivity (Wildman–Crippen MR) is 100 cm³/mol. The molecule has 0 radical (unpaired) electrons. The van der Waals surface area contributed by atoms with E-state index in [1.165, 1.54) is 0 Å². The lowest BCUT2D eigenvalue weighted by Gasteiger charge is -2.07. The molecular weight excluding hydrogens is 350 g/mol. The second kappa shape index (κ2) is 7.34. The van der Waals surface area contributed by atoms with Crippen LogP contribution >= 0.6 is 0 Å². The smallest absolute Gasteiger partial charge is 0.316 e. The molecular formula is C18H19N5O4. The Labute approximate surface area is 154 Å². The highest BCUT2D eigenvalue weighted by Crippen LogP contribution is 2.38. The number of primary amides is 1. The Hall–Kier alpha value is -3.59. The first kappa shape index (κ1) is 18.2. The molecule has 140 valence electrons. The van der Waals surface area contributed by atoms with E-state index in [0.717, 1.165) is 11.3 Å². The van der Waals surface area contributed by atoms with Gasteiger partial charge in [-0.25, -0.2) is 4.79 Å². The summed E-state index contributed by atoms with van der Waals surface area (Å²) < 4.78 is 0. The van der Waals surface area contributed by atoms with Gasteiger partial charge in [-0.3, -0.25) is 9.59 Å². The van der Waals surface area contributed by atoms with Crippen LogP contribution in [0.3, 0.4) is 0 Å². The van der Waals surface area contributed by atoms with Crippen molar-refractivity contribution < 1.29 is 19.5 Å². The van der Waals surface area contributed by atoms with Gasteiger partial charge in [0.25, 0.3) is 5.91 Å². The number of fused-ring (bicyclic) bond motifs is 1. The van der Waals surface area contributed by atoms with E-state index in [2.05, 4.69) is 20.9 Å². The van der Waals surface area contributed by atoms with E-state index in [1.807, 2.05) is 6.07 Å². The highest BCUT2D eigenvalue weighted by molar-refractivity contribution is 6.36. The minimum atomic E-state index is -0.687. The predicted octanol–water partition coefficient (Wildman–Crippen LogP) is 0.997. The van der Waals surface area contributed by atoms with Crippen molar-refractivity contribution in [3.05, 3.63) is 47.3 Å². The van der Waals surface area contributed by atoms with Crippen molar-refractivity contribution in [2.24, 2.45) is 5.73 Å². The molecule has 1 aliphatic rings. The third-order valence-electron chi connectivity index (χ3n) is 4.19. The van der Waals surface area contributed by atoms with Crippen molar-refractivity contribution in [2.45, 2.75) is 13.5 Å². The van der Waals surface area contributed by atoms with Crippen LogP contribution < -0.4 is 21.7 Å². The number of hydrogen-bond acceptors (Lipinski definition) is 4. The quantitative estimate of drug-likeness (QED) is 0.436. The number of amides is 4. The zero-order valence-electron chi connectivity index (χ0n) is 14.6. The molecule has 7 N–H and O–H groups in total. The van der Waals surface area contributed by atoms with Crippen LogP contribution in [0.5, 0.6) is 0 Å². The Balaban J connectivity index is 1.92. The van der Waals surface area contributed by atoms with Crippen LogP contribution in [0.1, 0.15) is 23.7 Å². The molecule has 0 bridgehead atoms. The lowest BCUT2D eigenvalue weighted by Crippen LogP contribution is -2.25. The molecule has 2 heterocycles. The van der Waals surface area contributed by atoms with E-state index in [9.17, 15) is 14.4 Å². The molecule has 0 unspecified atom stereocenters. The number of aromatic nitrogens is 1. The molecule has 2 aromatic rings. The maximum atomic E-state index is 12.5. The average Bonchev–Trinajstić information content (AvgIpc) is 3.22. The number of hydrogen-bond donors (Lipinski definition) is 6. The highest BCUT2D eigenvalue weighted by Gasteiger charge is 2.27. The van der Waals surface area contributed by atoms with E-state index < -0.39 is 18.5 Å². The van der Waals surface area contributed by atoms with Crippen molar-refractivity contribution in [3.63, 3.8) is 0 Å². The van der Waals surface area contributed by atoms with Gasteiger partial charge >= 0.3 is 6.03 Å². The van der Waals surface area contributed by atoms with Gasteiger partial charge < -0.3 is 31.8 Å². The molecule has 0 saturated carbocycles. The Morgan fingerprint density at radius 2 is 2.04 bits per heavy atom. The number of carbonyl (C=O) groups excluding carboxylic acids is 3. The summed E-state index contributed by atoms with van der Waals surface area (Å²) >= 11 is 0. The summed E-state index contributed by atoms with van der Waals surface area (Å²) in [4.78, 5) is 37.8. The lowest BCUT2D eigenvalue weighted by molar-refractivity contribution is -0.124. The van der Waals surface area contributed by atoms with E-state index in [-0.39, 0.29) is 12.5 Å². The second-order valence-corrected chi connectivity index (χ2v) is 6.06. The summed E-state index contributed by atoms with van der Waals surface area (Å²) in [5.41, 5.74) is 9.65. The number of benzene rings is 1. The molecule has 4 amide bonds. The van der Waals surface area contributed by atoms with Crippen molar-refractivity contribution in [1.82, 2.24) is 10.3 Å². The van der Waals surface area contributed by atoms with Gasteiger partial charge in [-0.15, -0.1) is 0 Å². The Morgan fingerprint density at radius 1 is 1.26 bits per heavy atom. The zero-order valence-corrected chi connectivity index (χ0v) is 14.6. The fraction of sp³-hybridized carbons (Fsp3) is 0.167. The first-order valence-corrected chi connectivity index (χ1v) is 8.17. The summed E-state index contributed by atoms with van der Waals surface area (Å²) in [6, 6.07) is 6.16. The number of H-pyrrole nitrogens is 1. The molecule has 9 heteroatoms. The van der Waals surface area contributed by atoms with Crippen LogP contribution in [-0.2, 0) is 16.1 Å². The molecule has 27 heavy (non-hydrogen) atoms. The molecule has 0 spiro atoms. The average molecular weight is 369 g/mol. The summed E-state index contributed by atoms with van der Waals surface area (Å²) in [5.74, 6) is -0.713. The molecule has 0 saturated heterocycles. The minimum Gasteiger partial charge on any atom is -0.387 e. The van der Waals surface area contributed by atoms with Crippen LogP contribution in [0.4, 0.5) is 16.2 Å². The van der Waals surface area contributed by atoms with Crippen LogP contribution in [0, 0.1) is 0 Å². The van der Waals surface area contributed by atoms with Gasteiger partial charge in [-0.1, -0.05) is 0 Å². The summed E-state index contributed by atoms with van der Waals surface area (Å²) in [5, 5.41) is 16.6. The monoisotopic (exact) mass is 369 g/mol. The Kier molecular flexibility index (Phi) is 4.95. The van der Waals surface area contributed by atoms with Crippen LogP contribution in [0.25, 0.3) is 11.1 Å². The number of nitrogens with two attached hydrogens (primary N) is 1. The van der Waals surface area contributed by atoms with Crippen molar-refractivity contribution >= 4 is 40.4 Å². The summed E-state index contributed by atoms with van der Waals surface area (Å²) in [7, 11) is 0. The van der Waals surface area contributed by atoms with E-state index in [4.69, 9.17) is 10.8 Å². The maximum Gasteiger partial charge on any atom is 0.316 e. The largest absolute Gasteiger partial charge is 0.387 e. The van der Waals surface area contributed by atoms with Crippen molar-refractivity contribution in [2.75, 3.05) is 17.2 Å². The molecule has 3 rings (SSSR count). The number of aliphatic hydroxyl groups is 1. The molecule has 9 nitrogen and oxygen atoms in total. The maximum absolute atomic E-state index is 12.5. The number of anilines is 2. The molecule has 1 aromatic heterocycles. The highest BCUT2D eigenvalue weighted by atomic mass is 16.3. The zero-order chi connectivity index (χ0) is 19.6. The SMILES string of the molecule is CC(=C1C(=O)Nc2ccc(NC(N)=O)cc21)c1cc(CNC(=O)CO)c[nH]1. The standard InChI is InChI=1S/C18H19N5O4/c1-9(14-4-10(6-20-14)7-21-15(25)8-24)16-12-5-11(22-18(19)27)2-3-13(12)23-17(16)26/h2-6,20,24H,7-8H2,1H3,(H,21,25)(H,23,26)(H3,19,22,27).